The van der Waals surface area contributed by atoms with E-state index in [2.05, 4.69) is 0 Å². The van der Waals surface area contributed by atoms with E-state index >= 15 is 0 Å². The number of amides is 2. The summed E-state index contributed by atoms with van der Waals surface area (Å²) in [5.41, 5.74) is 0.801. The Hall–Kier alpha value is -1.56. The summed E-state index contributed by atoms with van der Waals surface area (Å²) in [6.07, 6.45) is 1.96. The highest BCUT2D eigenvalue weighted by atomic mass is 32.2. The van der Waals surface area contributed by atoms with Crippen LogP contribution in [0.15, 0.2) is 24.3 Å². The number of carbonyl (C=O) groups is 2. The van der Waals surface area contributed by atoms with Crippen LogP contribution in [0.3, 0.4) is 0 Å². The van der Waals surface area contributed by atoms with Gasteiger partial charge in [-0.2, -0.15) is 0 Å². The van der Waals surface area contributed by atoms with Crippen LogP contribution in [0, 0.1) is 11.7 Å². The monoisotopic (exact) mass is 350 g/mol. The molecule has 1 heterocycles. The highest BCUT2D eigenvalue weighted by Gasteiger charge is 2.36. The average molecular weight is 350 g/mol. The van der Waals surface area contributed by atoms with Crippen molar-refractivity contribution < 1.29 is 14.0 Å². The van der Waals surface area contributed by atoms with Crippen molar-refractivity contribution in [3.63, 3.8) is 0 Å². The summed E-state index contributed by atoms with van der Waals surface area (Å²) in [4.78, 5) is 28.3. The Morgan fingerprint density at radius 3 is 2.79 bits per heavy atom. The summed E-state index contributed by atoms with van der Waals surface area (Å²) in [5.74, 6) is 0.540. The molecule has 0 unspecified atom stereocenters. The van der Waals surface area contributed by atoms with E-state index in [9.17, 15) is 14.0 Å². The van der Waals surface area contributed by atoms with Crippen LogP contribution in [0.25, 0.3) is 0 Å². The summed E-state index contributed by atoms with van der Waals surface area (Å²) in [5, 5.41) is -0.168. The molecule has 1 aromatic rings. The molecule has 0 bridgehead atoms. The van der Waals surface area contributed by atoms with Crippen molar-refractivity contribution in [3.05, 3.63) is 35.6 Å². The molecule has 24 heavy (non-hydrogen) atoms. The minimum absolute atomic E-state index is 0.0526. The Morgan fingerprint density at radius 2 is 2.17 bits per heavy atom. The molecule has 2 fully saturated rings. The highest BCUT2D eigenvalue weighted by Crippen LogP contribution is 2.38. The predicted molar refractivity (Wildman–Crippen MR) is 92.9 cm³/mol. The Balaban J connectivity index is 1.69. The van der Waals surface area contributed by atoms with Gasteiger partial charge in [0.2, 0.25) is 11.8 Å². The second kappa shape index (κ2) is 7.13. The predicted octanol–water partition coefficient (Wildman–Crippen LogP) is 3.05. The lowest BCUT2D eigenvalue weighted by Gasteiger charge is -2.31. The molecule has 0 N–H and O–H groups in total. The lowest BCUT2D eigenvalue weighted by molar-refractivity contribution is -0.136. The van der Waals surface area contributed by atoms with E-state index in [1.54, 1.807) is 11.0 Å². The molecule has 1 aliphatic carbocycles. The Morgan fingerprint density at radius 1 is 1.42 bits per heavy atom. The summed E-state index contributed by atoms with van der Waals surface area (Å²) < 4.78 is 13.5. The van der Waals surface area contributed by atoms with Crippen LogP contribution in [-0.2, 0) is 9.59 Å². The largest absolute Gasteiger partial charge is 0.338 e. The third-order valence-electron chi connectivity index (χ3n) is 4.52. The number of hydrogen-bond acceptors (Lipinski definition) is 3. The Bertz CT molecular complexity index is 633. The van der Waals surface area contributed by atoms with Gasteiger partial charge in [-0.15, -0.1) is 11.8 Å². The maximum Gasteiger partial charge on any atom is 0.233 e. The second-order valence-electron chi connectivity index (χ2n) is 6.71. The molecule has 0 aromatic heterocycles. The van der Waals surface area contributed by atoms with Crippen molar-refractivity contribution in [2.75, 3.05) is 18.8 Å². The van der Waals surface area contributed by atoms with Crippen LogP contribution in [0.2, 0.25) is 0 Å². The molecule has 1 saturated heterocycles. The van der Waals surface area contributed by atoms with Gasteiger partial charge in [-0.05, 0) is 44.4 Å². The third kappa shape index (κ3) is 3.74. The number of nitrogens with zero attached hydrogens (tertiary/aromatic N) is 2. The molecule has 1 saturated carbocycles. The van der Waals surface area contributed by atoms with Crippen LogP contribution in [-0.4, -0.2) is 46.5 Å². The summed E-state index contributed by atoms with van der Waals surface area (Å²) in [6, 6.07) is 6.53. The van der Waals surface area contributed by atoms with Crippen molar-refractivity contribution >= 4 is 23.6 Å². The van der Waals surface area contributed by atoms with Gasteiger partial charge < -0.3 is 9.80 Å². The van der Waals surface area contributed by atoms with Gasteiger partial charge in [0.1, 0.15) is 11.2 Å². The lowest BCUT2D eigenvalue weighted by Crippen LogP contribution is -2.44. The van der Waals surface area contributed by atoms with E-state index in [1.165, 1.54) is 23.9 Å². The number of carbonyl (C=O) groups excluding carboxylic acids is 2. The van der Waals surface area contributed by atoms with E-state index in [0.717, 1.165) is 18.4 Å². The molecule has 1 atom stereocenters. The van der Waals surface area contributed by atoms with Crippen molar-refractivity contribution in [3.8, 4) is 0 Å². The first-order chi connectivity index (χ1) is 11.5. The molecule has 3 rings (SSSR count). The normalized spacial score (nSPS) is 20.8. The van der Waals surface area contributed by atoms with Gasteiger partial charge in [0.25, 0.3) is 0 Å². The number of hydrogen-bond donors (Lipinski definition) is 0. The molecular formula is C18H23FN2O2S. The quantitative estimate of drug-likeness (QED) is 0.792. The standard InChI is InChI=1S/C18H23FN2O2S/c1-12(2)20(17(23)13-6-7-13)8-9-21-16(22)11-24-18(21)14-4-3-5-15(19)10-14/h3-5,10,12-13,18H,6-9,11H2,1-2H3/t18-/m0/s1. The van der Waals surface area contributed by atoms with Crippen LogP contribution in [0.5, 0.6) is 0 Å². The highest BCUT2D eigenvalue weighted by molar-refractivity contribution is 8.00. The Kier molecular flexibility index (Phi) is 5.13. The number of benzene rings is 1. The van der Waals surface area contributed by atoms with Crippen LogP contribution in [0.4, 0.5) is 4.39 Å². The average Bonchev–Trinajstić information content (AvgIpc) is 3.32. The zero-order chi connectivity index (χ0) is 17.3. The SMILES string of the molecule is CC(C)N(CCN1C(=O)CS[C@H]1c1cccc(F)c1)C(=O)C1CC1. The topological polar surface area (TPSA) is 40.6 Å². The fourth-order valence-electron chi connectivity index (χ4n) is 3.04. The van der Waals surface area contributed by atoms with Gasteiger partial charge >= 0.3 is 0 Å². The van der Waals surface area contributed by atoms with E-state index in [4.69, 9.17) is 0 Å². The van der Waals surface area contributed by atoms with Gasteiger partial charge in [0, 0.05) is 25.0 Å². The van der Waals surface area contributed by atoms with Crippen LogP contribution in [0.1, 0.15) is 37.6 Å². The molecule has 0 radical (unpaired) electrons. The van der Waals surface area contributed by atoms with E-state index in [1.807, 2.05) is 24.8 Å². The first-order valence-corrected chi connectivity index (χ1v) is 9.49. The van der Waals surface area contributed by atoms with Crippen molar-refractivity contribution in [1.82, 2.24) is 9.80 Å². The van der Waals surface area contributed by atoms with Crippen LogP contribution >= 0.6 is 11.8 Å². The van der Waals surface area contributed by atoms with Gasteiger partial charge in [0.15, 0.2) is 0 Å². The van der Waals surface area contributed by atoms with Crippen molar-refractivity contribution in [2.24, 2.45) is 5.92 Å². The second-order valence-corrected chi connectivity index (χ2v) is 7.77. The van der Waals surface area contributed by atoms with Crippen molar-refractivity contribution in [2.45, 2.75) is 38.1 Å². The van der Waals surface area contributed by atoms with Gasteiger partial charge in [0.05, 0.1) is 5.75 Å². The molecule has 1 aromatic carbocycles. The maximum absolute atomic E-state index is 13.5. The molecule has 4 nitrogen and oxygen atoms in total. The minimum Gasteiger partial charge on any atom is -0.338 e. The summed E-state index contributed by atoms with van der Waals surface area (Å²) in [7, 11) is 0. The number of thioether (sulfide) groups is 1. The van der Waals surface area contributed by atoms with E-state index < -0.39 is 0 Å². The zero-order valence-corrected chi connectivity index (χ0v) is 14.9. The molecule has 0 spiro atoms. The van der Waals surface area contributed by atoms with Gasteiger partial charge in [-0.1, -0.05) is 12.1 Å². The molecule has 130 valence electrons. The minimum atomic E-state index is -0.292. The molecule has 6 heteroatoms. The summed E-state index contributed by atoms with van der Waals surface area (Å²) >= 11 is 1.51. The molecule has 2 aliphatic rings. The van der Waals surface area contributed by atoms with Crippen molar-refractivity contribution in [1.29, 1.82) is 0 Å². The Labute approximate surface area is 146 Å². The van der Waals surface area contributed by atoms with E-state index in [-0.39, 0.29) is 35.0 Å². The van der Waals surface area contributed by atoms with Gasteiger partial charge in [-0.25, -0.2) is 4.39 Å². The number of rotatable bonds is 6. The smallest absolute Gasteiger partial charge is 0.233 e. The molecule has 2 amide bonds. The first-order valence-electron chi connectivity index (χ1n) is 8.44. The fraction of sp³-hybridized carbons (Fsp3) is 0.556. The molecule has 1 aliphatic heterocycles. The fourth-order valence-corrected chi connectivity index (χ4v) is 4.24. The maximum atomic E-state index is 13.5. The van der Waals surface area contributed by atoms with Crippen LogP contribution < -0.4 is 0 Å². The summed E-state index contributed by atoms with van der Waals surface area (Å²) in [6.45, 7) is 5.03. The number of halogens is 1. The lowest BCUT2D eigenvalue weighted by atomic mass is 10.2. The first kappa shape index (κ1) is 17.3. The van der Waals surface area contributed by atoms with Gasteiger partial charge in [-0.3, -0.25) is 9.59 Å². The zero-order valence-electron chi connectivity index (χ0n) is 14.1. The third-order valence-corrected chi connectivity index (χ3v) is 5.77. The molecular weight excluding hydrogens is 327 g/mol. The van der Waals surface area contributed by atoms with E-state index in [0.29, 0.717) is 18.8 Å².